The lowest BCUT2D eigenvalue weighted by Crippen LogP contribution is -2.22. The lowest BCUT2D eigenvalue weighted by atomic mass is 10.0. The molecule has 2 aromatic carbocycles. The van der Waals surface area contributed by atoms with Crippen molar-refractivity contribution in [3.63, 3.8) is 0 Å². The number of carbonyl (C=O) groups is 1. The van der Waals surface area contributed by atoms with E-state index in [1.54, 1.807) is 18.4 Å². The first-order chi connectivity index (χ1) is 13.0. The van der Waals surface area contributed by atoms with E-state index in [9.17, 15) is 10.0 Å². The summed E-state index contributed by atoms with van der Waals surface area (Å²) in [5, 5.41) is 9.92. The second kappa shape index (κ2) is 8.37. The molecule has 0 aliphatic carbocycles. The molecule has 0 aliphatic heterocycles. The van der Waals surface area contributed by atoms with Gasteiger partial charge >= 0.3 is 0 Å². The van der Waals surface area contributed by atoms with Gasteiger partial charge in [0, 0.05) is 28.8 Å². The third kappa shape index (κ3) is 4.56. The molecule has 0 fully saturated rings. The van der Waals surface area contributed by atoms with Crippen LogP contribution in [-0.4, -0.2) is 30.3 Å². The second-order valence-electron chi connectivity index (χ2n) is 6.47. The summed E-state index contributed by atoms with van der Waals surface area (Å²) >= 11 is 1.69. The number of benzene rings is 2. The van der Waals surface area contributed by atoms with E-state index in [-0.39, 0.29) is 12.3 Å². The summed E-state index contributed by atoms with van der Waals surface area (Å²) in [5.41, 5.74) is 4.65. The van der Waals surface area contributed by atoms with Gasteiger partial charge in [0.25, 0.3) is 0 Å². The Morgan fingerprint density at radius 2 is 1.70 bits per heavy atom. The zero-order valence-electron chi connectivity index (χ0n) is 15.7. The predicted octanol–water partition coefficient (Wildman–Crippen LogP) is 5.18. The maximum absolute atomic E-state index is 11.7. The minimum absolute atomic E-state index is 0.281. The normalized spacial score (nSPS) is 10.7. The van der Waals surface area contributed by atoms with Crippen molar-refractivity contribution in [2.45, 2.75) is 19.8 Å². The average Bonchev–Trinajstić information content (AvgIpc) is 3.11. The van der Waals surface area contributed by atoms with Crippen LogP contribution in [0.25, 0.3) is 21.6 Å². The minimum Gasteiger partial charge on any atom is -0.497 e. The van der Waals surface area contributed by atoms with Crippen molar-refractivity contribution in [3.05, 3.63) is 65.0 Å². The lowest BCUT2D eigenvalue weighted by molar-refractivity contribution is -0.159. The van der Waals surface area contributed by atoms with Gasteiger partial charge in [-0.1, -0.05) is 29.8 Å². The van der Waals surface area contributed by atoms with E-state index in [2.05, 4.69) is 49.4 Å². The first kappa shape index (κ1) is 19.1. The standard InChI is InChI=1S/C22H23NO3S/c1-15-4-6-16(7-5-15)20-14-19(12-13-21(24)23(2)25)27-22(20)17-8-10-18(26-3)11-9-17/h4-11,14,25H,12-13H2,1-3H3. The fraction of sp³-hybridized carbons (Fsp3) is 0.227. The number of hydrogen-bond acceptors (Lipinski definition) is 4. The van der Waals surface area contributed by atoms with Crippen LogP contribution in [0, 0.1) is 6.92 Å². The van der Waals surface area contributed by atoms with E-state index in [0.717, 1.165) is 27.3 Å². The van der Waals surface area contributed by atoms with Crippen molar-refractivity contribution < 1.29 is 14.7 Å². The van der Waals surface area contributed by atoms with Crippen LogP contribution < -0.4 is 4.74 Å². The van der Waals surface area contributed by atoms with Gasteiger partial charge in [-0.25, -0.2) is 5.06 Å². The largest absolute Gasteiger partial charge is 0.497 e. The Hall–Kier alpha value is -2.63. The van der Waals surface area contributed by atoms with Crippen molar-refractivity contribution in [3.8, 4) is 27.3 Å². The van der Waals surface area contributed by atoms with Crippen molar-refractivity contribution >= 4 is 17.2 Å². The fourth-order valence-electron chi connectivity index (χ4n) is 2.86. The molecule has 0 saturated heterocycles. The number of hydrogen-bond donors (Lipinski definition) is 1. The number of ether oxygens (including phenoxy) is 1. The van der Waals surface area contributed by atoms with Gasteiger partial charge < -0.3 is 4.74 Å². The van der Waals surface area contributed by atoms with Crippen LogP contribution in [0.4, 0.5) is 0 Å². The molecule has 1 amide bonds. The Labute approximate surface area is 163 Å². The molecular weight excluding hydrogens is 358 g/mol. The first-order valence-electron chi connectivity index (χ1n) is 8.77. The molecule has 1 N–H and O–H groups in total. The van der Waals surface area contributed by atoms with Crippen LogP contribution in [0.3, 0.4) is 0 Å². The maximum atomic E-state index is 11.7. The summed E-state index contributed by atoms with van der Waals surface area (Å²) in [6, 6.07) is 18.6. The molecule has 27 heavy (non-hydrogen) atoms. The second-order valence-corrected chi connectivity index (χ2v) is 7.60. The molecule has 0 unspecified atom stereocenters. The highest BCUT2D eigenvalue weighted by atomic mass is 32.1. The third-order valence-corrected chi connectivity index (χ3v) is 5.69. The SMILES string of the molecule is COc1ccc(-c2sc(CCC(=O)N(C)O)cc2-c2ccc(C)cc2)cc1. The highest BCUT2D eigenvalue weighted by Gasteiger charge is 2.15. The minimum atomic E-state index is -0.286. The number of aryl methyl sites for hydroxylation is 2. The molecule has 140 valence electrons. The Kier molecular flexibility index (Phi) is 5.94. The van der Waals surface area contributed by atoms with Crippen LogP contribution in [-0.2, 0) is 11.2 Å². The molecule has 4 nitrogen and oxygen atoms in total. The molecule has 1 heterocycles. The first-order valence-corrected chi connectivity index (χ1v) is 9.59. The number of hydroxylamine groups is 2. The summed E-state index contributed by atoms with van der Waals surface area (Å²) in [6.45, 7) is 2.07. The fourth-order valence-corrected chi connectivity index (χ4v) is 4.05. The van der Waals surface area contributed by atoms with E-state index in [1.165, 1.54) is 17.5 Å². The number of nitrogens with zero attached hydrogens (tertiary/aromatic N) is 1. The highest BCUT2D eigenvalue weighted by molar-refractivity contribution is 7.16. The molecule has 0 aliphatic rings. The Bertz CT molecular complexity index is 912. The zero-order chi connectivity index (χ0) is 19.4. The number of carbonyl (C=O) groups excluding carboxylic acids is 1. The van der Waals surface area contributed by atoms with Gasteiger partial charge in [-0.05, 0) is 54.8 Å². The van der Waals surface area contributed by atoms with Gasteiger partial charge in [-0.15, -0.1) is 11.3 Å². The van der Waals surface area contributed by atoms with E-state index in [1.807, 2.05) is 12.1 Å². The predicted molar refractivity (Wildman–Crippen MR) is 109 cm³/mol. The number of rotatable bonds is 6. The van der Waals surface area contributed by atoms with E-state index < -0.39 is 0 Å². The van der Waals surface area contributed by atoms with Crippen molar-refractivity contribution in [2.75, 3.05) is 14.2 Å². The van der Waals surface area contributed by atoms with Gasteiger partial charge in [-0.3, -0.25) is 10.0 Å². The maximum Gasteiger partial charge on any atom is 0.246 e. The Morgan fingerprint density at radius 3 is 2.30 bits per heavy atom. The van der Waals surface area contributed by atoms with Gasteiger partial charge in [0.05, 0.1) is 7.11 Å². The van der Waals surface area contributed by atoms with Crippen LogP contribution in [0.1, 0.15) is 16.9 Å². The summed E-state index contributed by atoms with van der Waals surface area (Å²) in [5.74, 6) is 0.537. The molecule has 0 saturated carbocycles. The van der Waals surface area contributed by atoms with Crippen LogP contribution in [0.2, 0.25) is 0 Å². The Morgan fingerprint density at radius 1 is 1.07 bits per heavy atom. The van der Waals surface area contributed by atoms with Crippen molar-refractivity contribution in [2.24, 2.45) is 0 Å². The number of amides is 1. The molecule has 5 heteroatoms. The highest BCUT2D eigenvalue weighted by Crippen LogP contribution is 2.40. The van der Waals surface area contributed by atoms with Crippen LogP contribution >= 0.6 is 11.3 Å². The number of methoxy groups -OCH3 is 1. The molecule has 1 aromatic heterocycles. The van der Waals surface area contributed by atoms with E-state index in [0.29, 0.717) is 11.5 Å². The molecule has 0 bridgehead atoms. The average molecular weight is 381 g/mol. The molecular formula is C22H23NO3S. The number of thiophene rings is 1. The lowest BCUT2D eigenvalue weighted by Gasteiger charge is -2.06. The van der Waals surface area contributed by atoms with E-state index >= 15 is 0 Å². The van der Waals surface area contributed by atoms with Crippen LogP contribution in [0.15, 0.2) is 54.6 Å². The zero-order valence-corrected chi connectivity index (χ0v) is 16.5. The van der Waals surface area contributed by atoms with Crippen molar-refractivity contribution in [1.29, 1.82) is 0 Å². The molecule has 3 rings (SSSR count). The Balaban J connectivity index is 1.98. The third-order valence-electron chi connectivity index (χ3n) is 4.44. The molecule has 3 aromatic rings. The summed E-state index contributed by atoms with van der Waals surface area (Å²) in [4.78, 5) is 14.0. The van der Waals surface area contributed by atoms with Gasteiger partial charge in [0.2, 0.25) is 5.91 Å². The summed E-state index contributed by atoms with van der Waals surface area (Å²) in [7, 11) is 3.02. The molecule has 0 radical (unpaired) electrons. The van der Waals surface area contributed by atoms with Gasteiger partial charge in [0.15, 0.2) is 0 Å². The monoisotopic (exact) mass is 381 g/mol. The smallest absolute Gasteiger partial charge is 0.246 e. The van der Waals surface area contributed by atoms with Crippen molar-refractivity contribution in [1.82, 2.24) is 5.06 Å². The quantitative estimate of drug-likeness (QED) is 0.473. The van der Waals surface area contributed by atoms with Gasteiger partial charge in [0.1, 0.15) is 5.75 Å². The molecule has 0 spiro atoms. The summed E-state index contributed by atoms with van der Waals surface area (Å²) in [6.07, 6.45) is 0.881. The van der Waals surface area contributed by atoms with E-state index in [4.69, 9.17) is 4.74 Å². The topological polar surface area (TPSA) is 49.8 Å². The van der Waals surface area contributed by atoms with Crippen LogP contribution in [0.5, 0.6) is 5.75 Å². The molecule has 0 atom stereocenters. The summed E-state index contributed by atoms with van der Waals surface area (Å²) < 4.78 is 5.26. The van der Waals surface area contributed by atoms with Gasteiger partial charge in [-0.2, -0.15) is 0 Å².